The quantitative estimate of drug-likeness (QED) is 0.442. The molecule has 0 aliphatic carbocycles. The van der Waals surface area contributed by atoms with Crippen LogP contribution in [-0.4, -0.2) is 15.8 Å². The van der Waals surface area contributed by atoms with Crippen LogP contribution in [0.2, 0.25) is 0 Å². The summed E-state index contributed by atoms with van der Waals surface area (Å²) >= 11 is 0. The first kappa shape index (κ1) is 9.85. The second kappa shape index (κ2) is 4.13. The number of hydrogen-bond acceptors (Lipinski definition) is 4. The zero-order valence-corrected chi connectivity index (χ0v) is 7.14. The average molecular weight is 193 g/mol. The topological polar surface area (TPSA) is 85.1 Å². The standard InChI is InChI=1S/C8H7N3O3/c1-2-8(12)10-6-3-4-9-5-7(6)11(13)14/h2-5H,1H2,(H,9,10,12). The predicted molar refractivity (Wildman–Crippen MR) is 49.7 cm³/mol. The number of amides is 1. The van der Waals surface area contributed by atoms with Gasteiger partial charge in [0.2, 0.25) is 5.91 Å². The SMILES string of the molecule is C=CC(=O)Nc1ccncc1[N+](=O)[O-]. The van der Waals surface area contributed by atoms with E-state index in [4.69, 9.17) is 0 Å². The number of carbonyl (C=O) groups is 1. The second-order valence-electron chi connectivity index (χ2n) is 2.34. The summed E-state index contributed by atoms with van der Waals surface area (Å²) in [6, 6.07) is 1.35. The molecule has 0 aliphatic rings. The molecule has 72 valence electrons. The van der Waals surface area contributed by atoms with Gasteiger partial charge in [0.15, 0.2) is 0 Å². The molecule has 1 amide bonds. The molecule has 1 rings (SSSR count). The van der Waals surface area contributed by atoms with Crippen molar-refractivity contribution in [3.8, 4) is 0 Å². The van der Waals surface area contributed by atoms with Crippen LogP contribution in [0.1, 0.15) is 0 Å². The molecule has 0 radical (unpaired) electrons. The minimum Gasteiger partial charge on any atom is -0.317 e. The number of hydrogen-bond donors (Lipinski definition) is 1. The van der Waals surface area contributed by atoms with E-state index < -0.39 is 10.8 Å². The molecule has 0 saturated heterocycles. The minimum atomic E-state index is -0.619. The summed E-state index contributed by atoms with van der Waals surface area (Å²) in [4.78, 5) is 24.3. The van der Waals surface area contributed by atoms with E-state index in [1.54, 1.807) is 0 Å². The van der Waals surface area contributed by atoms with Crippen molar-refractivity contribution in [3.05, 3.63) is 41.2 Å². The zero-order chi connectivity index (χ0) is 10.6. The summed E-state index contributed by atoms with van der Waals surface area (Å²) in [7, 11) is 0. The molecular formula is C8H7N3O3. The monoisotopic (exact) mass is 193 g/mol. The fraction of sp³-hybridized carbons (Fsp3) is 0. The van der Waals surface area contributed by atoms with Gasteiger partial charge in [0, 0.05) is 6.20 Å². The van der Waals surface area contributed by atoms with E-state index in [0.29, 0.717) is 0 Å². The van der Waals surface area contributed by atoms with Crippen molar-refractivity contribution in [2.24, 2.45) is 0 Å². The van der Waals surface area contributed by atoms with E-state index in [0.717, 1.165) is 12.3 Å². The van der Waals surface area contributed by atoms with Gasteiger partial charge in [-0.05, 0) is 12.1 Å². The number of anilines is 1. The van der Waals surface area contributed by atoms with Crippen molar-refractivity contribution in [1.29, 1.82) is 0 Å². The van der Waals surface area contributed by atoms with Gasteiger partial charge in [0.25, 0.3) is 0 Å². The first-order valence-electron chi connectivity index (χ1n) is 3.67. The average Bonchev–Trinajstić information content (AvgIpc) is 2.18. The Bertz CT molecular complexity index is 389. The number of carbonyl (C=O) groups excluding carboxylic acids is 1. The van der Waals surface area contributed by atoms with Gasteiger partial charge >= 0.3 is 5.69 Å². The van der Waals surface area contributed by atoms with Crippen molar-refractivity contribution in [2.75, 3.05) is 5.32 Å². The Balaban J connectivity index is 3.01. The van der Waals surface area contributed by atoms with Crippen LogP contribution in [-0.2, 0) is 4.79 Å². The Kier molecular flexibility index (Phi) is 2.90. The van der Waals surface area contributed by atoms with E-state index in [1.807, 2.05) is 0 Å². The highest BCUT2D eigenvalue weighted by Gasteiger charge is 2.13. The van der Waals surface area contributed by atoms with Crippen molar-refractivity contribution < 1.29 is 9.72 Å². The number of nitrogens with one attached hydrogen (secondary N) is 1. The lowest BCUT2D eigenvalue weighted by atomic mass is 10.3. The third-order valence-electron chi connectivity index (χ3n) is 1.44. The van der Waals surface area contributed by atoms with Gasteiger partial charge in [-0.2, -0.15) is 0 Å². The van der Waals surface area contributed by atoms with Crippen LogP contribution in [0.5, 0.6) is 0 Å². The van der Waals surface area contributed by atoms with Gasteiger partial charge in [-0.25, -0.2) is 0 Å². The summed E-state index contributed by atoms with van der Waals surface area (Å²) in [5.41, 5.74) is -0.141. The summed E-state index contributed by atoms with van der Waals surface area (Å²) in [6.45, 7) is 3.23. The maximum absolute atomic E-state index is 10.9. The Morgan fingerprint density at radius 2 is 2.43 bits per heavy atom. The fourth-order valence-electron chi connectivity index (χ4n) is 0.821. The smallest absolute Gasteiger partial charge is 0.310 e. The van der Waals surface area contributed by atoms with E-state index in [2.05, 4.69) is 16.9 Å². The number of nitrogens with zero attached hydrogens (tertiary/aromatic N) is 2. The summed E-state index contributed by atoms with van der Waals surface area (Å²) < 4.78 is 0. The van der Waals surface area contributed by atoms with Gasteiger partial charge in [-0.1, -0.05) is 6.58 Å². The maximum atomic E-state index is 10.9. The third-order valence-corrected chi connectivity index (χ3v) is 1.44. The fourth-order valence-corrected chi connectivity index (χ4v) is 0.821. The van der Waals surface area contributed by atoms with Crippen LogP contribution in [0.3, 0.4) is 0 Å². The number of aromatic nitrogens is 1. The molecule has 0 unspecified atom stereocenters. The van der Waals surface area contributed by atoms with Crippen LogP contribution in [0.4, 0.5) is 11.4 Å². The molecule has 6 nitrogen and oxygen atoms in total. The van der Waals surface area contributed by atoms with Gasteiger partial charge in [0.1, 0.15) is 11.9 Å². The number of rotatable bonds is 3. The molecular weight excluding hydrogens is 186 g/mol. The number of pyridine rings is 1. The molecule has 0 fully saturated rings. The van der Waals surface area contributed by atoms with Gasteiger partial charge in [0.05, 0.1) is 4.92 Å². The van der Waals surface area contributed by atoms with Crippen LogP contribution >= 0.6 is 0 Å². The molecule has 1 aromatic heterocycles. The molecule has 0 spiro atoms. The van der Waals surface area contributed by atoms with Gasteiger partial charge < -0.3 is 5.32 Å². The highest BCUT2D eigenvalue weighted by molar-refractivity contribution is 6.00. The third kappa shape index (κ3) is 2.13. The Morgan fingerprint density at radius 3 is 3.00 bits per heavy atom. The maximum Gasteiger partial charge on any atom is 0.310 e. The van der Waals surface area contributed by atoms with Crippen molar-refractivity contribution in [1.82, 2.24) is 4.98 Å². The molecule has 0 aliphatic heterocycles. The normalized spacial score (nSPS) is 9.14. The predicted octanol–water partition coefficient (Wildman–Crippen LogP) is 1.11. The second-order valence-corrected chi connectivity index (χ2v) is 2.34. The van der Waals surface area contributed by atoms with Crippen LogP contribution in [0.25, 0.3) is 0 Å². The number of nitro groups is 1. The first-order chi connectivity index (χ1) is 6.65. The highest BCUT2D eigenvalue weighted by Crippen LogP contribution is 2.21. The summed E-state index contributed by atoms with van der Waals surface area (Å²) in [6.07, 6.45) is 3.45. The van der Waals surface area contributed by atoms with E-state index in [1.165, 1.54) is 12.3 Å². The molecule has 0 bridgehead atoms. The lowest BCUT2D eigenvalue weighted by Gasteiger charge is -2.01. The lowest BCUT2D eigenvalue weighted by molar-refractivity contribution is -0.384. The molecule has 1 aromatic rings. The molecule has 1 heterocycles. The summed E-state index contributed by atoms with van der Waals surface area (Å²) in [5, 5.41) is 12.8. The van der Waals surface area contributed by atoms with Crippen LogP contribution < -0.4 is 5.32 Å². The Morgan fingerprint density at radius 1 is 1.71 bits per heavy atom. The van der Waals surface area contributed by atoms with Crippen LogP contribution in [0, 0.1) is 10.1 Å². The van der Waals surface area contributed by atoms with Crippen LogP contribution in [0.15, 0.2) is 31.1 Å². The summed E-state index contributed by atoms with van der Waals surface area (Å²) in [5.74, 6) is -0.501. The highest BCUT2D eigenvalue weighted by atomic mass is 16.6. The molecule has 14 heavy (non-hydrogen) atoms. The van der Waals surface area contributed by atoms with E-state index >= 15 is 0 Å². The van der Waals surface area contributed by atoms with Crippen molar-refractivity contribution >= 4 is 17.3 Å². The Labute approximate surface area is 79.4 Å². The van der Waals surface area contributed by atoms with E-state index in [9.17, 15) is 14.9 Å². The van der Waals surface area contributed by atoms with Crippen molar-refractivity contribution in [3.63, 3.8) is 0 Å². The molecule has 0 saturated carbocycles. The van der Waals surface area contributed by atoms with Gasteiger partial charge in [-0.15, -0.1) is 0 Å². The zero-order valence-electron chi connectivity index (χ0n) is 7.14. The lowest BCUT2D eigenvalue weighted by Crippen LogP contribution is -2.09. The first-order valence-corrected chi connectivity index (χ1v) is 3.67. The molecule has 6 heteroatoms. The largest absolute Gasteiger partial charge is 0.317 e. The molecule has 0 aromatic carbocycles. The van der Waals surface area contributed by atoms with E-state index in [-0.39, 0.29) is 11.4 Å². The molecule has 0 atom stereocenters. The molecule has 1 N–H and O–H groups in total. The minimum absolute atomic E-state index is 0.106. The van der Waals surface area contributed by atoms with Gasteiger partial charge in [-0.3, -0.25) is 19.9 Å². The Hall–Kier alpha value is -2.24. The van der Waals surface area contributed by atoms with Crippen molar-refractivity contribution in [2.45, 2.75) is 0 Å².